The number of nitrogens with one attached hydrogen (secondary N) is 1. The number of rotatable bonds is 8. The molecule has 0 radical (unpaired) electrons. The third kappa shape index (κ3) is 5.52. The van der Waals surface area contributed by atoms with Gasteiger partial charge in [-0.3, -0.25) is 14.5 Å². The highest BCUT2D eigenvalue weighted by atomic mass is 19.1. The Morgan fingerprint density at radius 1 is 1.03 bits per heavy atom. The first-order valence-corrected chi connectivity index (χ1v) is 12.6. The molecule has 1 atom stereocenters. The van der Waals surface area contributed by atoms with Crippen LogP contribution in [0.5, 0.6) is 0 Å². The average Bonchev–Trinajstić information content (AvgIpc) is 3.30. The van der Waals surface area contributed by atoms with Crippen molar-refractivity contribution in [3.8, 4) is 0 Å². The zero-order chi connectivity index (χ0) is 26.7. The molecule has 1 N–H and O–H groups in total. The smallest absolute Gasteiger partial charge is 0.414 e. The molecule has 5 rings (SSSR count). The largest absolute Gasteiger partial charge is 0.627 e. The Kier molecular flexibility index (Phi) is 7.37. The summed E-state index contributed by atoms with van der Waals surface area (Å²) >= 11 is 0. The van der Waals surface area contributed by atoms with Gasteiger partial charge in [0.2, 0.25) is 5.91 Å². The monoisotopic (exact) mass is 521 g/mol. The van der Waals surface area contributed by atoms with Gasteiger partial charge in [0.1, 0.15) is 19.2 Å². The number of halogens is 1. The molecular formula is C28H28FN3O6. The van der Waals surface area contributed by atoms with E-state index >= 15 is 0 Å². The minimum Gasteiger partial charge on any atom is -0.627 e. The van der Waals surface area contributed by atoms with E-state index in [9.17, 15) is 24.0 Å². The Labute approximate surface area is 218 Å². The number of benzene rings is 3. The van der Waals surface area contributed by atoms with E-state index in [0.717, 1.165) is 16.8 Å². The van der Waals surface area contributed by atoms with Crippen LogP contribution in [0, 0.1) is 11.0 Å². The zero-order valence-electron chi connectivity index (χ0n) is 20.7. The summed E-state index contributed by atoms with van der Waals surface area (Å²) in [7, 11) is 0. The van der Waals surface area contributed by atoms with Gasteiger partial charge in [0.05, 0.1) is 32.0 Å². The van der Waals surface area contributed by atoms with E-state index in [2.05, 4.69) is 5.32 Å². The van der Waals surface area contributed by atoms with Crippen molar-refractivity contribution >= 4 is 39.9 Å². The molecule has 2 saturated heterocycles. The van der Waals surface area contributed by atoms with Gasteiger partial charge in [0.15, 0.2) is 17.3 Å². The predicted molar refractivity (Wildman–Crippen MR) is 140 cm³/mol. The van der Waals surface area contributed by atoms with Gasteiger partial charge in [-0.25, -0.2) is 9.18 Å². The average molecular weight is 522 g/mol. The minimum absolute atomic E-state index is 0.00293. The van der Waals surface area contributed by atoms with Crippen molar-refractivity contribution in [1.82, 2.24) is 9.96 Å². The van der Waals surface area contributed by atoms with E-state index in [1.54, 1.807) is 6.07 Å². The number of morpholine rings is 1. The lowest BCUT2D eigenvalue weighted by Crippen LogP contribution is -2.52. The predicted octanol–water partition coefficient (Wildman–Crippen LogP) is 3.92. The summed E-state index contributed by atoms with van der Waals surface area (Å²) in [5, 5.41) is 17.6. The lowest BCUT2D eigenvalue weighted by atomic mass is 10.0. The second kappa shape index (κ2) is 10.9. The lowest BCUT2D eigenvalue weighted by molar-refractivity contribution is -0.121. The molecule has 0 unspecified atom stereocenters. The number of hydrogen-bond donors (Lipinski definition) is 1. The second-order valence-electron chi connectivity index (χ2n) is 9.49. The molecule has 0 aliphatic carbocycles. The molecule has 2 aliphatic heterocycles. The second-order valence-corrected chi connectivity index (χ2v) is 9.49. The number of Topliss-reactive ketones (excluding diaryl/α,β-unsaturated/α-hetero) is 1. The first-order valence-electron chi connectivity index (χ1n) is 12.6. The Balaban J connectivity index is 1.12. The lowest BCUT2D eigenvalue weighted by Gasteiger charge is -2.44. The molecule has 3 aromatic carbocycles. The molecule has 2 amide bonds. The van der Waals surface area contributed by atoms with Gasteiger partial charge in [-0.15, -0.1) is 0 Å². The van der Waals surface area contributed by atoms with Crippen LogP contribution >= 0.6 is 0 Å². The molecular weight excluding hydrogens is 493 g/mol. The first kappa shape index (κ1) is 25.8. The molecule has 3 aromatic rings. The van der Waals surface area contributed by atoms with Gasteiger partial charge >= 0.3 is 6.09 Å². The topological polar surface area (TPSA) is 108 Å². The number of anilines is 1. The van der Waals surface area contributed by atoms with E-state index < -0.39 is 22.7 Å². The number of carbonyl (C=O) groups excluding carboxylic acids is 3. The van der Waals surface area contributed by atoms with Crippen LogP contribution in [0.15, 0.2) is 60.7 Å². The number of ketones is 1. The van der Waals surface area contributed by atoms with E-state index in [4.69, 9.17) is 9.47 Å². The fourth-order valence-electron chi connectivity index (χ4n) is 4.76. The Bertz CT molecular complexity index is 1370. The van der Waals surface area contributed by atoms with Gasteiger partial charge in [0, 0.05) is 30.5 Å². The highest BCUT2D eigenvalue weighted by Gasteiger charge is 2.34. The molecule has 9 nitrogen and oxygen atoms in total. The van der Waals surface area contributed by atoms with Crippen molar-refractivity contribution in [2.75, 3.05) is 44.3 Å². The zero-order valence-corrected chi connectivity index (χ0v) is 20.7. The minimum atomic E-state index is -0.811. The molecule has 0 aromatic heterocycles. The van der Waals surface area contributed by atoms with Crippen LogP contribution in [-0.2, 0) is 14.3 Å². The summed E-state index contributed by atoms with van der Waals surface area (Å²) in [4.78, 5) is 38.6. The fraction of sp³-hybridized carbons (Fsp3) is 0.321. The quantitative estimate of drug-likeness (QED) is 0.274. The van der Waals surface area contributed by atoms with Crippen molar-refractivity contribution in [1.29, 1.82) is 0 Å². The van der Waals surface area contributed by atoms with Gasteiger partial charge in [-0.05, 0) is 22.9 Å². The first-order chi connectivity index (χ1) is 18.3. The van der Waals surface area contributed by atoms with Crippen LogP contribution < -0.4 is 14.9 Å². The van der Waals surface area contributed by atoms with E-state index in [0.29, 0.717) is 5.56 Å². The number of hydroxylamine groups is 2. The number of carbonyl (C=O) groups is 3. The molecule has 2 fully saturated rings. The summed E-state index contributed by atoms with van der Waals surface area (Å²) < 4.78 is 24.6. The SMILES string of the molecule is O=C(CCC(=O)c1ccc2ccccc2c1)NC[C@H]1CN(c2ccc([N+]3([O-])CCOCC3)c(F)c2)C(=O)O1. The molecule has 0 saturated carbocycles. The summed E-state index contributed by atoms with van der Waals surface area (Å²) in [6.07, 6.45) is -1.25. The maximum Gasteiger partial charge on any atom is 0.414 e. The van der Waals surface area contributed by atoms with Crippen LogP contribution in [0.1, 0.15) is 23.2 Å². The number of nitrogens with zero attached hydrogens (tertiary/aromatic N) is 2. The van der Waals surface area contributed by atoms with E-state index in [1.807, 2.05) is 36.4 Å². The van der Waals surface area contributed by atoms with Gasteiger partial charge in [-0.2, -0.15) is 0 Å². The number of ether oxygens (including phenoxy) is 2. The Hall–Kier alpha value is -3.86. The van der Waals surface area contributed by atoms with Crippen molar-refractivity contribution in [2.24, 2.45) is 0 Å². The number of quaternary nitrogens is 1. The molecule has 2 aliphatic rings. The number of fused-ring (bicyclic) bond motifs is 1. The normalized spacial score (nSPS) is 18.8. The highest BCUT2D eigenvalue weighted by molar-refractivity contribution is 6.01. The molecule has 0 bridgehead atoms. The number of hydrogen-bond acceptors (Lipinski definition) is 6. The van der Waals surface area contributed by atoms with Crippen LogP contribution in [-0.4, -0.2) is 63.3 Å². The van der Waals surface area contributed by atoms with Gasteiger partial charge in [0.25, 0.3) is 0 Å². The summed E-state index contributed by atoms with van der Waals surface area (Å²) in [6.45, 7) is 0.934. The molecule has 10 heteroatoms. The van der Waals surface area contributed by atoms with Gasteiger partial charge in [-0.1, -0.05) is 36.4 Å². The third-order valence-corrected chi connectivity index (χ3v) is 6.93. The summed E-state index contributed by atoms with van der Waals surface area (Å²) in [5.74, 6) is -1.16. The molecule has 198 valence electrons. The fourth-order valence-corrected chi connectivity index (χ4v) is 4.76. The Morgan fingerprint density at radius 3 is 2.55 bits per heavy atom. The summed E-state index contributed by atoms with van der Waals surface area (Å²) in [6, 6.07) is 17.3. The van der Waals surface area contributed by atoms with E-state index in [1.165, 1.54) is 17.0 Å². The van der Waals surface area contributed by atoms with Crippen molar-refractivity contribution in [2.45, 2.75) is 18.9 Å². The van der Waals surface area contributed by atoms with Crippen LogP contribution in [0.25, 0.3) is 10.8 Å². The van der Waals surface area contributed by atoms with Gasteiger partial charge < -0.3 is 24.6 Å². The van der Waals surface area contributed by atoms with Crippen molar-refractivity contribution < 1.29 is 28.2 Å². The number of cyclic esters (lactones) is 1. The standard InChI is InChI=1S/C28H28FN3O6/c29-24-16-22(7-8-25(24)32(36)11-13-37-14-12-32)31-18-23(38-28(31)35)17-30-27(34)10-9-26(33)21-6-5-19-3-1-2-4-20(19)15-21/h1-8,15-16,23H,9-14,17-18H2,(H,30,34)/t23-/m0/s1. The third-order valence-electron chi connectivity index (χ3n) is 6.93. The van der Waals surface area contributed by atoms with Crippen LogP contribution in [0.4, 0.5) is 20.6 Å². The van der Waals surface area contributed by atoms with Crippen LogP contribution in [0.3, 0.4) is 0 Å². The number of amides is 2. The van der Waals surface area contributed by atoms with Crippen molar-refractivity contribution in [3.63, 3.8) is 0 Å². The van der Waals surface area contributed by atoms with Crippen molar-refractivity contribution in [3.05, 3.63) is 77.3 Å². The maximum absolute atomic E-state index is 14.8. The van der Waals surface area contributed by atoms with E-state index in [-0.39, 0.29) is 75.3 Å². The summed E-state index contributed by atoms with van der Waals surface area (Å²) in [5.41, 5.74) is 0.825. The van der Waals surface area contributed by atoms with Crippen LogP contribution in [0.2, 0.25) is 0 Å². The molecule has 0 spiro atoms. The molecule has 2 heterocycles. The molecule has 38 heavy (non-hydrogen) atoms. The maximum atomic E-state index is 14.8. The highest BCUT2D eigenvalue weighted by Crippen LogP contribution is 2.32. The Morgan fingerprint density at radius 2 is 1.79 bits per heavy atom.